The second-order valence-electron chi connectivity index (χ2n) is 4.98. The quantitative estimate of drug-likeness (QED) is 0.616. The predicted molar refractivity (Wildman–Crippen MR) is 71.8 cm³/mol. The van der Waals surface area contributed by atoms with Gasteiger partial charge in [-0.15, -0.1) is 0 Å². The van der Waals surface area contributed by atoms with E-state index in [9.17, 15) is 0 Å². The van der Waals surface area contributed by atoms with Crippen LogP contribution in [0.2, 0.25) is 0 Å². The van der Waals surface area contributed by atoms with Crippen LogP contribution < -0.4 is 11.3 Å². The van der Waals surface area contributed by atoms with Gasteiger partial charge in [0.15, 0.2) is 5.13 Å². The highest BCUT2D eigenvalue weighted by Gasteiger charge is 2.30. The molecule has 0 radical (unpaired) electrons. The summed E-state index contributed by atoms with van der Waals surface area (Å²) in [6.07, 6.45) is 1.91. The Bertz CT molecular complexity index is 364. The summed E-state index contributed by atoms with van der Waals surface area (Å²) in [7, 11) is 4.32. The van der Waals surface area contributed by atoms with E-state index in [4.69, 9.17) is 5.84 Å². The molecule has 1 aliphatic heterocycles. The first-order valence-corrected chi connectivity index (χ1v) is 6.72. The molecular formula is C11H21N5S. The van der Waals surface area contributed by atoms with Gasteiger partial charge in [0.25, 0.3) is 0 Å². The Balaban J connectivity index is 1.92. The molecule has 0 amide bonds. The fraction of sp³-hybridized carbons (Fsp3) is 0.727. The van der Waals surface area contributed by atoms with Gasteiger partial charge in [-0.1, -0.05) is 18.3 Å². The number of likely N-dealkylation sites (N-methyl/N-ethyl adjacent to an activating group) is 1. The lowest BCUT2D eigenvalue weighted by Crippen LogP contribution is -2.34. The number of hydrogen-bond donors (Lipinski definition) is 2. The molecule has 1 aromatic rings. The van der Waals surface area contributed by atoms with E-state index in [0.29, 0.717) is 6.04 Å². The molecule has 5 nitrogen and oxygen atoms in total. The van der Waals surface area contributed by atoms with E-state index < -0.39 is 0 Å². The molecule has 96 valence electrons. The third-order valence-electron chi connectivity index (χ3n) is 3.37. The Morgan fingerprint density at radius 1 is 1.59 bits per heavy atom. The number of anilines is 1. The molecule has 17 heavy (non-hydrogen) atoms. The van der Waals surface area contributed by atoms with Gasteiger partial charge in [-0.3, -0.25) is 10.3 Å². The van der Waals surface area contributed by atoms with Crippen LogP contribution in [0.3, 0.4) is 0 Å². The summed E-state index contributed by atoms with van der Waals surface area (Å²) >= 11 is 1.63. The molecule has 2 atom stereocenters. The zero-order valence-corrected chi connectivity index (χ0v) is 11.5. The predicted octanol–water partition coefficient (Wildman–Crippen LogP) is 0.811. The van der Waals surface area contributed by atoms with E-state index in [1.54, 1.807) is 11.3 Å². The minimum absolute atomic E-state index is 0.662. The first kappa shape index (κ1) is 12.8. The number of hydrazine groups is 1. The van der Waals surface area contributed by atoms with E-state index in [2.05, 4.69) is 41.2 Å². The first-order chi connectivity index (χ1) is 8.10. The number of rotatable bonds is 4. The molecule has 2 unspecified atom stereocenters. The zero-order valence-electron chi connectivity index (χ0n) is 10.7. The third kappa shape index (κ3) is 2.95. The molecule has 2 rings (SSSR count). The molecule has 2 heterocycles. The summed E-state index contributed by atoms with van der Waals surface area (Å²) in [4.78, 5) is 10.3. The van der Waals surface area contributed by atoms with Gasteiger partial charge in [-0.25, -0.2) is 10.8 Å². The largest absolute Gasteiger partial charge is 0.305 e. The van der Waals surface area contributed by atoms with Crippen molar-refractivity contribution in [3.8, 4) is 0 Å². The minimum Gasteiger partial charge on any atom is -0.305 e. The molecule has 6 heteroatoms. The van der Waals surface area contributed by atoms with Gasteiger partial charge in [0, 0.05) is 36.8 Å². The highest BCUT2D eigenvalue weighted by atomic mass is 32.1. The first-order valence-electron chi connectivity index (χ1n) is 5.90. The maximum absolute atomic E-state index is 5.33. The van der Waals surface area contributed by atoms with Crippen molar-refractivity contribution in [1.82, 2.24) is 14.8 Å². The monoisotopic (exact) mass is 255 g/mol. The van der Waals surface area contributed by atoms with Crippen LogP contribution >= 0.6 is 11.3 Å². The fourth-order valence-electron chi connectivity index (χ4n) is 2.52. The summed E-state index contributed by atoms with van der Waals surface area (Å²) in [6.45, 7) is 5.60. The summed E-state index contributed by atoms with van der Waals surface area (Å²) in [6, 6.07) is 0.662. The van der Waals surface area contributed by atoms with Crippen LogP contribution in [0, 0.1) is 5.92 Å². The van der Waals surface area contributed by atoms with Gasteiger partial charge in [0.1, 0.15) is 0 Å². The lowest BCUT2D eigenvalue weighted by atomic mass is 10.1. The maximum Gasteiger partial charge on any atom is 0.197 e. The summed E-state index contributed by atoms with van der Waals surface area (Å²) in [5.74, 6) is 6.06. The van der Waals surface area contributed by atoms with Crippen molar-refractivity contribution in [1.29, 1.82) is 0 Å². The van der Waals surface area contributed by atoms with E-state index in [-0.39, 0.29) is 0 Å². The second-order valence-corrected chi connectivity index (χ2v) is 6.09. The number of likely N-dealkylation sites (tertiary alicyclic amines) is 1. The fourth-order valence-corrected chi connectivity index (χ4v) is 3.28. The summed E-state index contributed by atoms with van der Waals surface area (Å²) < 4.78 is 0. The molecule has 1 saturated heterocycles. The van der Waals surface area contributed by atoms with E-state index in [1.165, 1.54) is 4.88 Å². The van der Waals surface area contributed by atoms with E-state index in [0.717, 1.165) is 30.7 Å². The molecule has 1 fully saturated rings. The molecular weight excluding hydrogens is 234 g/mol. The molecule has 0 aromatic carbocycles. The smallest absolute Gasteiger partial charge is 0.197 e. The lowest BCUT2D eigenvalue weighted by Gasteiger charge is -2.22. The Hall–Kier alpha value is -0.690. The molecule has 0 saturated carbocycles. The van der Waals surface area contributed by atoms with Crippen LogP contribution in [0.4, 0.5) is 5.13 Å². The standard InChI is InChI=1S/C11H21N5S/c1-8-5-16(7-10(8)15(2)3)6-9-4-13-11(14-12)17-9/h4,8,10H,5-7,12H2,1-3H3,(H,13,14). The van der Waals surface area contributed by atoms with Crippen molar-refractivity contribution >= 4 is 16.5 Å². The van der Waals surface area contributed by atoms with Crippen LogP contribution in [0.15, 0.2) is 6.20 Å². The van der Waals surface area contributed by atoms with Crippen molar-refractivity contribution in [2.75, 3.05) is 32.6 Å². The molecule has 0 bridgehead atoms. The van der Waals surface area contributed by atoms with E-state index in [1.807, 2.05) is 6.20 Å². The van der Waals surface area contributed by atoms with Gasteiger partial charge in [-0.2, -0.15) is 0 Å². The van der Waals surface area contributed by atoms with Crippen molar-refractivity contribution in [3.05, 3.63) is 11.1 Å². The van der Waals surface area contributed by atoms with Crippen molar-refractivity contribution < 1.29 is 0 Å². The summed E-state index contributed by atoms with van der Waals surface area (Å²) in [5.41, 5.74) is 2.59. The van der Waals surface area contributed by atoms with Crippen LogP contribution in [-0.2, 0) is 6.54 Å². The highest BCUT2D eigenvalue weighted by Crippen LogP contribution is 2.24. The second kappa shape index (κ2) is 5.30. The number of nitrogens with zero attached hydrogens (tertiary/aromatic N) is 3. The van der Waals surface area contributed by atoms with Crippen molar-refractivity contribution in [3.63, 3.8) is 0 Å². The Morgan fingerprint density at radius 3 is 2.88 bits per heavy atom. The third-order valence-corrected chi connectivity index (χ3v) is 4.28. The average molecular weight is 255 g/mol. The van der Waals surface area contributed by atoms with Gasteiger partial charge in [-0.05, 0) is 20.0 Å². The van der Waals surface area contributed by atoms with Gasteiger partial charge in [0.2, 0.25) is 0 Å². The number of nitrogen functional groups attached to an aromatic ring is 1. The topological polar surface area (TPSA) is 57.4 Å². The molecule has 1 aliphatic rings. The van der Waals surface area contributed by atoms with Gasteiger partial charge >= 0.3 is 0 Å². The Labute approximate surface area is 107 Å². The number of hydrogen-bond acceptors (Lipinski definition) is 6. The molecule has 1 aromatic heterocycles. The molecule has 3 N–H and O–H groups in total. The highest BCUT2D eigenvalue weighted by molar-refractivity contribution is 7.15. The zero-order chi connectivity index (χ0) is 12.4. The van der Waals surface area contributed by atoms with Crippen molar-refractivity contribution in [2.45, 2.75) is 19.5 Å². The van der Waals surface area contributed by atoms with Crippen LogP contribution in [0.5, 0.6) is 0 Å². The lowest BCUT2D eigenvalue weighted by molar-refractivity contribution is 0.250. The van der Waals surface area contributed by atoms with Gasteiger partial charge in [0.05, 0.1) is 0 Å². The normalized spacial score (nSPS) is 25.7. The van der Waals surface area contributed by atoms with Crippen LogP contribution in [0.1, 0.15) is 11.8 Å². The maximum atomic E-state index is 5.33. The molecule has 0 spiro atoms. The molecule has 0 aliphatic carbocycles. The van der Waals surface area contributed by atoms with Crippen molar-refractivity contribution in [2.24, 2.45) is 11.8 Å². The summed E-state index contributed by atoms with van der Waals surface area (Å²) in [5, 5.41) is 0.788. The van der Waals surface area contributed by atoms with E-state index >= 15 is 0 Å². The number of nitrogens with one attached hydrogen (secondary N) is 1. The Kier molecular flexibility index (Phi) is 3.98. The SMILES string of the molecule is CC1CN(Cc2cnc(NN)s2)CC1N(C)C. The van der Waals surface area contributed by atoms with Gasteiger partial charge < -0.3 is 4.90 Å². The van der Waals surface area contributed by atoms with Crippen LogP contribution in [-0.4, -0.2) is 48.0 Å². The minimum atomic E-state index is 0.662. The Morgan fingerprint density at radius 2 is 2.35 bits per heavy atom. The number of nitrogens with two attached hydrogens (primary N) is 1. The number of aromatic nitrogens is 1. The average Bonchev–Trinajstić information content (AvgIpc) is 2.85. The van der Waals surface area contributed by atoms with Crippen LogP contribution in [0.25, 0.3) is 0 Å². The number of thiazole rings is 1.